The van der Waals surface area contributed by atoms with E-state index in [0.29, 0.717) is 5.13 Å². The number of halogens is 1. The van der Waals surface area contributed by atoms with Crippen molar-refractivity contribution in [2.75, 3.05) is 10.6 Å². The van der Waals surface area contributed by atoms with Crippen LogP contribution in [0.5, 0.6) is 0 Å². The highest BCUT2D eigenvalue weighted by atomic mass is 32.1. The zero-order valence-corrected chi connectivity index (χ0v) is 12.1. The largest absolute Gasteiger partial charge is 0.325 e. The summed E-state index contributed by atoms with van der Waals surface area (Å²) < 4.78 is 13.5. The first kappa shape index (κ1) is 14.2. The highest BCUT2D eigenvalue weighted by Gasteiger charge is 2.09. The third-order valence-corrected chi connectivity index (χ3v) is 3.58. The lowest BCUT2D eigenvalue weighted by Crippen LogP contribution is -2.19. The van der Waals surface area contributed by atoms with Crippen molar-refractivity contribution in [2.24, 2.45) is 0 Å². The lowest BCUT2D eigenvalue weighted by atomic mass is 10.2. The van der Waals surface area contributed by atoms with Gasteiger partial charge in [0.05, 0.1) is 11.4 Å². The molecule has 110 valence electrons. The first-order valence-electron chi connectivity index (χ1n) is 6.41. The number of benzene rings is 1. The van der Waals surface area contributed by atoms with Gasteiger partial charge in [-0.3, -0.25) is 10.3 Å². The monoisotopic (exact) mass is 314 g/mol. The van der Waals surface area contributed by atoms with Gasteiger partial charge >= 0.3 is 6.03 Å². The molecule has 0 aliphatic heterocycles. The second-order valence-corrected chi connectivity index (χ2v) is 5.19. The number of nitrogens with zero attached hydrogens (tertiary/aromatic N) is 2. The molecular weight excluding hydrogens is 303 g/mol. The number of urea groups is 1. The van der Waals surface area contributed by atoms with E-state index in [0.717, 1.165) is 11.3 Å². The van der Waals surface area contributed by atoms with Gasteiger partial charge in [-0.2, -0.15) is 0 Å². The Kier molecular flexibility index (Phi) is 4.06. The lowest BCUT2D eigenvalue weighted by molar-refractivity contribution is 0.262. The molecule has 0 unspecified atom stereocenters. The van der Waals surface area contributed by atoms with E-state index in [1.807, 2.05) is 17.5 Å². The molecule has 0 aliphatic rings. The van der Waals surface area contributed by atoms with Crippen LogP contribution in [0, 0.1) is 5.82 Å². The minimum atomic E-state index is -0.541. The fourth-order valence-corrected chi connectivity index (χ4v) is 2.51. The summed E-state index contributed by atoms with van der Waals surface area (Å²) in [5.74, 6) is -0.491. The van der Waals surface area contributed by atoms with Crippen molar-refractivity contribution < 1.29 is 9.18 Å². The number of hydrogen-bond acceptors (Lipinski definition) is 4. The standard InChI is InChI=1S/C15H11FN4OS/c16-11-3-1-2-4-12(11)18-14(21)20-15-19-13(9-22-15)10-5-7-17-8-6-10/h1-9H,(H2,18,19,20,21). The van der Waals surface area contributed by atoms with Crippen molar-refractivity contribution in [3.63, 3.8) is 0 Å². The maximum atomic E-state index is 13.5. The average Bonchev–Trinajstić information content (AvgIpc) is 2.99. The summed E-state index contributed by atoms with van der Waals surface area (Å²) in [4.78, 5) is 20.1. The molecule has 1 aromatic carbocycles. The number of thiazole rings is 1. The molecule has 2 heterocycles. The molecule has 0 saturated carbocycles. The van der Waals surface area contributed by atoms with Crippen LogP contribution in [0.3, 0.4) is 0 Å². The van der Waals surface area contributed by atoms with Crippen LogP contribution in [0.4, 0.5) is 20.0 Å². The molecular formula is C15H11FN4OS. The number of hydrogen-bond donors (Lipinski definition) is 2. The van der Waals surface area contributed by atoms with Gasteiger partial charge < -0.3 is 5.32 Å². The Balaban J connectivity index is 1.68. The van der Waals surface area contributed by atoms with Crippen LogP contribution in [0.15, 0.2) is 54.2 Å². The van der Waals surface area contributed by atoms with E-state index in [4.69, 9.17) is 0 Å². The van der Waals surface area contributed by atoms with Gasteiger partial charge in [-0.1, -0.05) is 12.1 Å². The summed E-state index contributed by atoms with van der Waals surface area (Å²) >= 11 is 1.29. The van der Waals surface area contributed by atoms with E-state index < -0.39 is 11.8 Å². The van der Waals surface area contributed by atoms with Gasteiger partial charge in [-0.05, 0) is 24.3 Å². The number of para-hydroxylation sites is 1. The second kappa shape index (κ2) is 6.31. The Hall–Kier alpha value is -2.80. The fraction of sp³-hybridized carbons (Fsp3) is 0. The Bertz CT molecular complexity index is 791. The number of rotatable bonds is 3. The zero-order valence-electron chi connectivity index (χ0n) is 11.3. The number of carbonyl (C=O) groups is 1. The molecule has 2 N–H and O–H groups in total. The average molecular weight is 314 g/mol. The van der Waals surface area contributed by atoms with Crippen molar-refractivity contribution in [3.8, 4) is 11.3 Å². The van der Waals surface area contributed by atoms with Gasteiger partial charge in [0.25, 0.3) is 0 Å². The molecule has 0 fully saturated rings. The smallest absolute Gasteiger partial charge is 0.305 e. The van der Waals surface area contributed by atoms with Crippen molar-refractivity contribution in [2.45, 2.75) is 0 Å². The van der Waals surface area contributed by atoms with Gasteiger partial charge in [-0.15, -0.1) is 11.3 Å². The van der Waals surface area contributed by atoms with Gasteiger partial charge in [0, 0.05) is 23.3 Å². The Morgan fingerprint density at radius 2 is 1.86 bits per heavy atom. The van der Waals surface area contributed by atoms with Crippen LogP contribution in [0.25, 0.3) is 11.3 Å². The van der Waals surface area contributed by atoms with E-state index in [1.54, 1.807) is 24.5 Å². The summed E-state index contributed by atoms with van der Waals surface area (Å²) in [5.41, 5.74) is 1.77. The maximum absolute atomic E-state index is 13.5. The zero-order chi connectivity index (χ0) is 15.4. The summed E-state index contributed by atoms with van der Waals surface area (Å²) in [6, 6.07) is 9.08. The molecule has 0 atom stereocenters. The van der Waals surface area contributed by atoms with Crippen LogP contribution >= 0.6 is 11.3 Å². The topological polar surface area (TPSA) is 66.9 Å². The predicted octanol–water partition coefficient (Wildman–Crippen LogP) is 3.99. The van der Waals surface area contributed by atoms with Crippen LogP contribution in [-0.4, -0.2) is 16.0 Å². The van der Waals surface area contributed by atoms with Crippen LogP contribution < -0.4 is 10.6 Å². The quantitative estimate of drug-likeness (QED) is 0.768. The summed E-state index contributed by atoms with van der Waals surface area (Å²) in [7, 11) is 0. The van der Waals surface area contributed by atoms with Gasteiger partial charge in [0.1, 0.15) is 5.82 Å². The molecule has 0 radical (unpaired) electrons. The molecule has 0 aliphatic carbocycles. The fourth-order valence-electron chi connectivity index (χ4n) is 1.80. The maximum Gasteiger partial charge on any atom is 0.325 e. The Morgan fingerprint density at radius 1 is 1.09 bits per heavy atom. The number of pyridine rings is 1. The first-order valence-corrected chi connectivity index (χ1v) is 7.29. The van der Waals surface area contributed by atoms with Crippen molar-refractivity contribution in [3.05, 3.63) is 60.0 Å². The molecule has 0 spiro atoms. The third-order valence-electron chi connectivity index (χ3n) is 2.82. The number of anilines is 2. The number of aromatic nitrogens is 2. The van der Waals surface area contributed by atoms with E-state index in [1.165, 1.54) is 23.5 Å². The molecule has 2 aromatic heterocycles. The number of amides is 2. The number of nitrogens with one attached hydrogen (secondary N) is 2. The highest BCUT2D eigenvalue weighted by Crippen LogP contribution is 2.24. The third kappa shape index (κ3) is 3.26. The second-order valence-electron chi connectivity index (χ2n) is 4.33. The minimum Gasteiger partial charge on any atom is -0.305 e. The Morgan fingerprint density at radius 3 is 2.64 bits per heavy atom. The molecule has 0 saturated heterocycles. The highest BCUT2D eigenvalue weighted by molar-refractivity contribution is 7.14. The van der Waals surface area contributed by atoms with Crippen LogP contribution in [0.2, 0.25) is 0 Å². The number of carbonyl (C=O) groups excluding carboxylic acids is 1. The van der Waals surface area contributed by atoms with Crippen LogP contribution in [-0.2, 0) is 0 Å². The predicted molar refractivity (Wildman–Crippen MR) is 84.4 cm³/mol. The summed E-state index contributed by atoms with van der Waals surface area (Å²) in [6.07, 6.45) is 3.35. The summed E-state index contributed by atoms with van der Waals surface area (Å²) in [5, 5.41) is 7.28. The van der Waals surface area contributed by atoms with Gasteiger partial charge in [0.2, 0.25) is 0 Å². The molecule has 22 heavy (non-hydrogen) atoms. The van der Waals surface area contributed by atoms with Crippen molar-refractivity contribution >= 4 is 28.2 Å². The minimum absolute atomic E-state index is 0.117. The van der Waals surface area contributed by atoms with E-state index in [2.05, 4.69) is 20.6 Å². The molecule has 5 nitrogen and oxygen atoms in total. The Labute approximate surface area is 129 Å². The van der Waals surface area contributed by atoms with Crippen molar-refractivity contribution in [1.82, 2.24) is 9.97 Å². The van der Waals surface area contributed by atoms with E-state index in [-0.39, 0.29) is 5.69 Å². The normalized spacial score (nSPS) is 10.2. The van der Waals surface area contributed by atoms with Gasteiger partial charge in [0.15, 0.2) is 5.13 Å². The molecule has 7 heteroatoms. The van der Waals surface area contributed by atoms with E-state index >= 15 is 0 Å². The lowest BCUT2D eigenvalue weighted by Gasteiger charge is -2.05. The van der Waals surface area contributed by atoms with E-state index in [9.17, 15) is 9.18 Å². The SMILES string of the molecule is O=C(Nc1nc(-c2ccncc2)cs1)Nc1ccccc1F. The first-order chi connectivity index (χ1) is 10.7. The summed E-state index contributed by atoms with van der Waals surface area (Å²) in [6.45, 7) is 0. The molecule has 0 bridgehead atoms. The molecule has 2 amide bonds. The molecule has 3 aromatic rings. The van der Waals surface area contributed by atoms with Gasteiger partial charge in [-0.25, -0.2) is 14.2 Å². The van der Waals surface area contributed by atoms with Crippen molar-refractivity contribution in [1.29, 1.82) is 0 Å². The van der Waals surface area contributed by atoms with Crippen LogP contribution in [0.1, 0.15) is 0 Å². The molecule has 3 rings (SSSR count).